The molecule has 0 atom stereocenters. The van der Waals surface area contributed by atoms with E-state index < -0.39 is 0 Å². The van der Waals surface area contributed by atoms with Crippen molar-refractivity contribution in [1.82, 2.24) is 10.2 Å². The first-order chi connectivity index (χ1) is 9.38. The maximum Gasteiger partial charge on any atom is -0.000664 e. The number of piperidine rings is 1. The van der Waals surface area contributed by atoms with Gasteiger partial charge in [0.1, 0.15) is 0 Å². The van der Waals surface area contributed by atoms with Crippen molar-refractivity contribution in [3.8, 4) is 0 Å². The van der Waals surface area contributed by atoms with Crippen molar-refractivity contribution >= 4 is 0 Å². The number of nitrogens with one attached hydrogen (secondary N) is 1. The van der Waals surface area contributed by atoms with Gasteiger partial charge in [-0.1, -0.05) is 6.42 Å². The molecule has 2 rings (SSSR count). The molecular weight excluding hydrogens is 234 g/mol. The Hall–Kier alpha value is -0.120. The summed E-state index contributed by atoms with van der Waals surface area (Å²) in [5.41, 5.74) is 5.74. The molecule has 0 bridgehead atoms. The van der Waals surface area contributed by atoms with Crippen LogP contribution in [0.1, 0.15) is 51.4 Å². The molecule has 2 fully saturated rings. The summed E-state index contributed by atoms with van der Waals surface area (Å²) in [5.74, 6) is 1.73. The number of hydrogen-bond acceptors (Lipinski definition) is 3. The van der Waals surface area contributed by atoms with Crippen molar-refractivity contribution in [1.29, 1.82) is 0 Å². The van der Waals surface area contributed by atoms with E-state index in [0.717, 1.165) is 18.4 Å². The lowest BCUT2D eigenvalue weighted by molar-refractivity contribution is 0.223. The lowest BCUT2D eigenvalue weighted by Crippen LogP contribution is -2.33. The quantitative estimate of drug-likeness (QED) is 0.695. The average molecular weight is 267 g/mol. The summed E-state index contributed by atoms with van der Waals surface area (Å²) in [6, 6.07) is 0. The predicted molar refractivity (Wildman–Crippen MR) is 82.3 cm³/mol. The smallest absolute Gasteiger partial charge is 0.000664 e. The molecule has 0 aromatic carbocycles. The SMILES string of the molecule is NCC1CCC(CNCCCN2CCCCC2)CC1. The first-order valence-corrected chi connectivity index (χ1v) is 8.51. The summed E-state index contributed by atoms with van der Waals surface area (Å²) in [6.45, 7) is 7.31. The second kappa shape index (κ2) is 8.93. The topological polar surface area (TPSA) is 41.3 Å². The number of nitrogens with zero attached hydrogens (tertiary/aromatic N) is 1. The third-order valence-electron chi connectivity index (χ3n) is 5.01. The van der Waals surface area contributed by atoms with Crippen LogP contribution in [0.3, 0.4) is 0 Å². The summed E-state index contributed by atoms with van der Waals surface area (Å²) in [7, 11) is 0. The third kappa shape index (κ3) is 5.80. The lowest BCUT2D eigenvalue weighted by atomic mass is 9.82. The van der Waals surface area contributed by atoms with Crippen molar-refractivity contribution in [2.45, 2.75) is 51.4 Å². The Morgan fingerprint density at radius 3 is 2.32 bits per heavy atom. The van der Waals surface area contributed by atoms with Gasteiger partial charge >= 0.3 is 0 Å². The van der Waals surface area contributed by atoms with Gasteiger partial charge in [0.25, 0.3) is 0 Å². The molecule has 1 aliphatic carbocycles. The van der Waals surface area contributed by atoms with Crippen LogP contribution in [0.4, 0.5) is 0 Å². The van der Waals surface area contributed by atoms with E-state index in [1.165, 1.54) is 84.1 Å². The van der Waals surface area contributed by atoms with E-state index in [2.05, 4.69) is 10.2 Å². The van der Waals surface area contributed by atoms with E-state index in [9.17, 15) is 0 Å². The van der Waals surface area contributed by atoms with Crippen LogP contribution in [-0.2, 0) is 0 Å². The number of nitrogens with two attached hydrogens (primary N) is 1. The minimum Gasteiger partial charge on any atom is -0.330 e. The molecule has 0 aromatic heterocycles. The minimum absolute atomic E-state index is 0.815. The molecule has 2 aliphatic rings. The zero-order valence-corrected chi connectivity index (χ0v) is 12.6. The van der Waals surface area contributed by atoms with Crippen LogP contribution < -0.4 is 11.1 Å². The van der Waals surface area contributed by atoms with Gasteiger partial charge in [0, 0.05) is 0 Å². The molecule has 0 radical (unpaired) electrons. The second-order valence-electron chi connectivity index (χ2n) is 6.58. The maximum absolute atomic E-state index is 5.74. The fraction of sp³-hybridized carbons (Fsp3) is 1.00. The Bertz CT molecular complexity index is 218. The zero-order chi connectivity index (χ0) is 13.3. The normalized spacial score (nSPS) is 29.5. The van der Waals surface area contributed by atoms with Gasteiger partial charge in [-0.3, -0.25) is 0 Å². The summed E-state index contributed by atoms with van der Waals surface area (Å²) in [6.07, 6.45) is 11.1. The Balaban J connectivity index is 1.43. The molecule has 0 unspecified atom stereocenters. The van der Waals surface area contributed by atoms with Gasteiger partial charge in [0.15, 0.2) is 0 Å². The van der Waals surface area contributed by atoms with E-state index >= 15 is 0 Å². The van der Waals surface area contributed by atoms with Crippen molar-refractivity contribution in [2.24, 2.45) is 17.6 Å². The fourth-order valence-electron chi connectivity index (χ4n) is 3.59. The van der Waals surface area contributed by atoms with Crippen molar-refractivity contribution in [3.63, 3.8) is 0 Å². The van der Waals surface area contributed by atoms with Crippen LogP contribution in [0.2, 0.25) is 0 Å². The van der Waals surface area contributed by atoms with Crippen molar-refractivity contribution < 1.29 is 0 Å². The molecule has 0 spiro atoms. The molecular formula is C16H33N3. The molecule has 112 valence electrons. The lowest BCUT2D eigenvalue weighted by Gasteiger charge is -2.28. The maximum atomic E-state index is 5.74. The summed E-state index contributed by atoms with van der Waals surface area (Å²) in [5, 5.41) is 3.67. The van der Waals surface area contributed by atoms with E-state index in [1.54, 1.807) is 0 Å². The van der Waals surface area contributed by atoms with Crippen LogP contribution in [0.5, 0.6) is 0 Å². The summed E-state index contributed by atoms with van der Waals surface area (Å²) in [4.78, 5) is 2.64. The Kier molecular flexibility index (Phi) is 7.18. The molecule has 0 amide bonds. The highest BCUT2D eigenvalue weighted by Crippen LogP contribution is 2.27. The van der Waals surface area contributed by atoms with Crippen LogP contribution in [0.15, 0.2) is 0 Å². The summed E-state index contributed by atoms with van der Waals surface area (Å²) < 4.78 is 0. The van der Waals surface area contributed by atoms with Gasteiger partial charge in [0.2, 0.25) is 0 Å². The first-order valence-electron chi connectivity index (χ1n) is 8.51. The molecule has 1 saturated carbocycles. The third-order valence-corrected chi connectivity index (χ3v) is 5.01. The number of likely N-dealkylation sites (tertiary alicyclic amines) is 1. The second-order valence-corrected chi connectivity index (χ2v) is 6.58. The molecule has 0 aromatic rings. The number of hydrogen-bond donors (Lipinski definition) is 2. The van der Waals surface area contributed by atoms with Gasteiger partial charge in [0.05, 0.1) is 0 Å². The molecule has 3 heteroatoms. The number of rotatable bonds is 7. The van der Waals surface area contributed by atoms with Crippen LogP contribution in [-0.4, -0.2) is 44.2 Å². The van der Waals surface area contributed by atoms with Crippen LogP contribution in [0.25, 0.3) is 0 Å². The van der Waals surface area contributed by atoms with Crippen LogP contribution in [0, 0.1) is 11.8 Å². The highest BCUT2D eigenvalue weighted by Gasteiger charge is 2.19. The van der Waals surface area contributed by atoms with E-state index in [-0.39, 0.29) is 0 Å². The van der Waals surface area contributed by atoms with Gasteiger partial charge < -0.3 is 16.0 Å². The molecule has 1 saturated heterocycles. The van der Waals surface area contributed by atoms with Crippen molar-refractivity contribution in [2.75, 3.05) is 39.3 Å². The molecule has 19 heavy (non-hydrogen) atoms. The fourth-order valence-corrected chi connectivity index (χ4v) is 3.59. The van der Waals surface area contributed by atoms with Crippen molar-refractivity contribution in [3.05, 3.63) is 0 Å². The Morgan fingerprint density at radius 2 is 1.63 bits per heavy atom. The molecule has 3 N–H and O–H groups in total. The van der Waals surface area contributed by atoms with Crippen LogP contribution >= 0.6 is 0 Å². The van der Waals surface area contributed by atoms with Gasteiger partial charge in [-0.05, 0) is 96.1 Å². The minimum atomic E-state index is 0.815. The monoisotopic (exact) mass is 267 g/mol. The summed E-state index contributed by atoms with van der Waals surface area (Å²) >= 11 is 0. The van der Waals surface area contributed by atoms with Gasteiger partial charge in [-0.15, -0.1) is 0 Å². The molecule has 1 heterocycles. The Labute approximate surface area is 119 Å². The van der Waals surface area contributed by atoms with Gasteiger partial charge in [-0.2, -0.15) is 0 Å². The van der Waals surface area contributed by atoms with E-state index in [4.69, 9.17) is 5.73 Å². The highest BCUT2D eigenvalue weighted by molar-refractivity contribution is 4.74. The zero-order valence-electron chi connectivity index (χ0n) is 12.6. The van der Waals surface area contributed by atoms with E-state index in [1.807, 2.05) is 0 Å². The standard InChI is InChI=1S/C16H33N3/c17-13-15-5-7-16(8-6-15)14-18-9-4-12-19-10-2-1-3-11-19/h15-16,18H,1-14,17H2. The molecule has 1 aliphatic heterocycles. The Morgan fingerprint density at radius 1 is 0.947 bits per heavy atom. The van der Waals surface area contributed by atoms with E-state index in [0.29, 0.717) is 0 Å². The first kappa shape index (κ1) is 15.3. The average Bonchev–Trinajstić information content (AvgIpc) is 2.49. The molecule has 3 nitrogen and oxygen atoms in total. The predicted octanol–water partition coefficient (Wildman–Crippen LogP) is 2.22. The van der Waals surface area contributed by atoms with Gasteiger partial charge in [-0.25, -0.2) is 0 Å². The largest absolute Gasteiger partial charge is 0.330 e. The highest BCUT2D eigenvalue weighted by atomic mass is 15.1.